The van der Waals surface area contributed by atoms with Gasteiger partial charge in [-0.1, -0.05) is 5.57 Å². The Bertz CT molecular complexity index is 211. The molecule has 68 valence electrons. The van der Waals surface area contributed by atoms with Gasteiger partial charge < -0.3 is 14.9 Å². The average molecular weight is 172 g/mol. The van der Waals surface area contributed by atoms with Crippen LogP contribution in [0.25, 0.3) is 0 Å². The first kappa shape index (κ1) is 10.6. The maximum Gasteiger partial charge on any atom is 0.335 e. The van der Waals surface area contributed by atoms with Crippen LogP contribution in [0.2, 0.25) is 0 Å². The smallest absolute Gasteiger partial charge is 0.335 e. The SMILES string of the molecule is CC(C)=CCO/C(O)=C\C(=O)O. The second-order valence-electron chi connectivity index (χ2n) is 2.41. The number of carboxylic acids is 1. The van der Waals surface area contributed by atoms with Crippen LogP contribution in [0.4, 0.5) is 0 Å². The zero-order chi connectivity index (χ0) is 9.56. The van der Waals surface area contributed by atoms with Gasteiger partial charge >= 0.3 is 5.97 Å². The van der Waals surface area contributed by atoms with E-state index in [0.29, 0.717) is 6.08 Å². The predicted molar refractivity (Wildman–Crippen MR) is 43.7 cm³/mol. The molecule has 0 aromatic rings. The summed E-state index contributed by atoms with van der Waals surface area (Å²) in [7, 11) is 0. The zero-order valence-corrected chi connectivity index (χ0v) is 7.07. The molecule has 0 rings (SSSR count). The number of allylic oxidation sites excluding steroid dienone is 1. The molecule has 0 radical (unpaired) electrons. The third-order valence-corrected chi connectivity index (χ3v) is 0.970. The van der Waals surface area contributed by atoms with Gasteiger partial charge in [0, 0.05) is 0 Å². The fourth-order valence-corrected chi connectivity index (χ4v) is 0.441. The predicted octanol–water partition coefficient (Wildman–Crippen LogP) is 1.45. The molecule has 0 saturated heterocycles. The molecule has 0 saturated carbocycles. The minimum Gasteiger partial charge on any atom is -0.481 e. The van der Waals surface area contributed by atoms with E-state index in [0.717, 1.165) is 5.57 Å². The van der Waals surface area contributed by atoms with Gasteiger partial charge in [0.25, 0.3) is 5.95 Å². The van der Waals surface area contributed by atoms with Crippen molar-refractivity contribution in [3.05, 3.63) is 23.7 Å². The number of rotatable bonds is 4. The van der Waals surface area contributed by atoms with Gasteiger partial charge in [-0.3, -0.25) is 0 Å². The Morgan fingerprint density at radius 1 is 1.42 bits per heavy atom. The lowest BCUT2D eigenvalue weighted by Crippen LogP contribution is -1.96. The van der Waals surface area contributed by atoms with Gasteiger partial charge in [0.15, 0.2) is 0 Å². The summed E-state index contributed by atoms with van der Waals surface area (Å²) in [4.78, 5) is 9.97. The number of carboxylic acid groups (broad SMARTS) is 1. The van der Waals surface area contributed by atoms with Crippen molar-refractivity contribution in [3.63, 3.8) is 0 Å². The fraction of sp³-hybridized carbons (Fsp3) is 0.375. The average Bonchev–Trinajstić information content (AvgIpc) is 1.84. The van der Waals surface area contributed by atoms with Crippen LogP contribution in [0.15, 0.2) is 23.7 Å². The van der Waals surface area contributed by atoms with Gasteiger partial charge in [0.2, 0.25) is 0 Å². The van der Waals surface area contributed by atoms with Crippen molar-refractivity contribution < 1.29 is 19.7 Å². The molecule has 0 spiro atoms. The van der Waals surface area contributed by atoms with Crippen molar-refractivity contribution in [2.75, 3.05) is 6.61 Å². The van der Waals surface area contributed by atoms with Crippen molar-refractivity contribution in [3.8, 4) is 0 Å². The number of hydrogen-bond donors (Lipinski definition) is 2. The molecule has 0 aliphatic rings. The maximum absolute atomic E-state index is 9.97. The summed E-state index contributed by atoms with van der Waals surface area (Å²) in [6.07, 6.45) is 2.32. The highest BCUT2D eigenvalue weighted by molar-refractivity contribution is 5.79. The van der Waals surface area contributed by atoms with E-state index in [1.807, 2.05) is 13.8 Å². The Hall–Kier alpha value is -1.45. The number of aliphatic carboxylic acids is 1. The van der Waals surface area contributed by atoms with Gasteiger partial charge in [-0.15, -0.1) is 0 Å². The van der Waals surface area contributed by atoms with E-state index in [2.05, 4.69) is 4.74 Å². The van der Waals surface area contributed by atoms with Gasteiger partial charge in [0.1, 0.15) is 12.7 Å². The molecule has 0 aromatic carbocycles. The monoisotopic (exact) mass is 172 g/mol. The molecule has 4 nitrogen and oxygen atoms in total. The summed E-state index contributed by atoms with van der Waals surface area (Å²) in [5, 5.41) is 16.9. The number of aliphatic hydroxyl groups excluding tert-OH is 1. The van der Waals surface area contributed by atoms with E-state index in [9.17, 15) is 4.79 Å². The van der Waals surface area contributed by atoms with E-state index in [4.69, 9.17) is 10.2 Å². The molecule has 0 aliphatic heterocycles. The molecule has 0 aliphatic carbocycles. The third kappa shape index (κ3) is 6.67. The highest BCUT2D eigenvalue weighted by Crippen LogP contribution is 1.94. The highest BCUT2D eigenvalue weighted by Gasteiger charge is 1.95. The van der Waals surface area contributed by atoms with Crippen molar-refractivity contribution >= 4 is 5.97 Å². The van der Waals surface area contributed by atoms with Gasteiger partial charge in [-0.05, 0) is 19.9 Å². The lowest BCUT2D eigenvalue weighted by atomic mass is 10.3. The maximum atomic E-state index is 9.97. The summed E-state index contributed by atoms with van der Waals surface area (Å²) < 4.78 is 4.62. The third-order valence-electron chi connectivity index (χ3n) is 0.970. The molecule has 4 heteroatoms. The van der Waals surface area contributed by atoms with E-state index in [1.165, 1.54) is 0 Å². The molecule has 2 N–H and O–H groups in total. The zero-order valence-electron chi connectivity index (χ0n) is 7.07. The molecule has 0 unspecified atom stereocenters. The van der Waals surface area contributed by atoms with Crippen LogP contribution in [-0.2, 0) is 9.53 Å². The molecular weight excluding hydrogens is 160 g/mol. The quantitative estimate of drug-likeness (QED) is 0.382. The number of ether oxygens (including phenoxy) is 1. The second kappa shape index (κ2) is 5.23. The van der Waals surface area contributed by atoms with Crippen molar-refractivity contribution in [2.45, 2.75) is 13.8 Å². The van der Waals surface area contributed by atoms with E-state index in [-0.39, 0.29) is 6.61 Å². The highest BCUT2D eigenvalue weighted by atomic mass is 16.6. The second-order valence-corrected chi connectivity index (χ2v) is 2.41. The number of hydrogen-bond acceptors (Lipinski definition) is 3. The summed E-state index contributed by atoms with van der Waals surface area (Å²) in [5.74, 6) is -1.82. The first-order chi connectivity index (χ1) is 5.52. The summed E-state index contributed by atoms with van der Waals surface area (Å²) in [6, 6.07) is 0. The Balaban J connectivity index is 3.79. The van der Waals surface area contributed by atoms with Crippen molar-refractivity contribution in [1.29, 1.82) is 0 Å². The normalized spacial score (nSPS) is 10.7. The molecular formula is C8H12O4. The molecule has 0 fully saturated rings. The summed E-state index contributed by atoms with van der Waals surface area (Å²) >= 11 is 0. The molecule has 0 bridgehead atoms. The first-order valence-corrected chi connectivity index (χ1v) is 3.42. The molecule has 12 heavy (non-hydrogen) atoms. The molecule has 0 atom stereocenters. The van der Waals surface area contributed by atoms with Crippen LogP contribution in [0.3, 0.4) is 0 Å². The topological polar surface area (TPSA) is 66.8 Å². The molecule has 0 aromatic heterocycles. The Morgan fingerprint density at radius 3 is 2.42 bits per heavy atom. The van der Waals surface area contributed by atoms with Gasteiger partial charge in [-0.2, -0.15) is 0 Å². The van der Waals surface area contributed by atoms with Crippen LogP contribution in [0.1, 0.15) is 13.8 Å². The minimum atomic E-state index is -1.23. The number of carbonyl (C=O) groups is 1. The van der Waals surface area contributed by atoms with Crippen molar-refractivity contribution in [1.82, 2.24) is 0 Å². The fourth-order valence-electron chi connectivity index (χ4n) is 0.441. The van der Waals surface area contributed by atoms with E-state index >= 15 is 0 Å². The molecule has 0 heterocycles. The Labute approximate surface area is 70.8 Å². The van der Waals surface area contributed by atoms with Gasteiger partial charge in [-0.25, -0.2) is 4.79 Å². The standard InChI is InChI=1S/C8H12O4/c1-6(2)3-4-12-8(11)5-7(9)10/h3,5,11H,4H2,1-2H3,(H,9,10)/b8-5-. The molecule has 0 amide bonds. The summed E-state index contributed by atoms with van der Waals surface area (Å²) in [5.41, 5.74) is 1.04. The minimum absolute atomic E-state index is 0.179. The van der Waals surface area contributed by atoms with Crippen LogP contribution < -0.4 is 0 Å². The summed E-state index contributed by atoms with van der Waals surface area (Å²) in [6.45, 7) is 3.93. The van der Waals surface area contributed by atoms with E-state index in [1.54, 1.807) is 6.08 Å². The van der Waals surface area contributed by atoms with Gasteiger partial charge in [0.05, 0.1) is 0 Å². The lowest BCUT2D eigenvalue weighted by Gasteiger charge is -1.99. The van der Waals surface area contributed by atoms with Crippen molar-refractivity contribution in [2.24, 2.45) is 0 Å². The Morgan fingerprint density at radius 2 is 2.00 bits per heavy atom. The Kier molecular flexibility index (Phi) is 4.60. The number of aliphatic hydroxyl groups is 1. The lowest BCUT2D eigenvalue weighted by molar-refractivity contribution is -0.131. The van der Waals surface area contributed by atoms with E-state index < -0.39 is 11.9 Å². The largest absolute Gasteiger partial charge is 0.481 e. The first-order valence-electron chi connectivity index (χ1n) is 3.42. The van der Waals surface area contributed by atoms with Crippen LogP contribution in [0.5, 0.6) is 0 Å². The van der Waals surface area contributed by atoms with Crippen LogP contribution in [-0.4, -0.2) is 22.8 Å². The van der Waals surface area contributed by atoms with Crippen LogP contribution >= 0.6 is 0 Å². The van der Waals surface area contributed by atoms with Crippen LogP contribution in [0, 0.1) is 0 Å².